The summed E-state index contributed by atoms with van der Waals surface area (Å²) in [5.41, 5.74) is -0.709. The van der Waals surface area contributed by atoms with Crippen molar-refractivity contribution in [2.24, 2.45) is 0 Å². The van der Waals surface area contributed by atoms with Crippen molar-refractivity contribution in [2.75, 3.05) is 18.6 Å². The minimum absolute atomic E-state index is 0.154. The van der Waals surface area contributed by atoms with E-state index in [1.54, 1.807) is 11.8 Å². The monoisotopic (exact) mass is 340 g/mol. The Kier molecular flexibility index (Phi) is 6.06. The first-order chi connectivity index (χ1) is 9.31. The summed E-state index contributed by atoms with van der Waals surface area (Å²) in [6.07, 6.45) is 2.48. The molecule has 0 spiro atoms. The van der Waals surface area contributed by atoms with Crippen LogP contribution in [0, 0.1) is 10.1 Å². The Bertz CT molecular complexity index is 606. The third-order valence-electron chi connectivity index (χ3n) is 2.34. The Morgan fingerprint density at radius 2 is 2.15 bits per heavy atom. The average molecular weight is 341 g/mol. The van der Waals surface area contributed by atoms with Crippen LogP contribution in [0.3, 0.4) is 0 Å². The molecule has 0 saturated carbocycles. The predicted octanol–water partition coefficient (Wildman–Crippen LogP) is 1.99. The maximum atomic E-state index is 12.0. The van der Waals surface area contributed by atoms with Crippen LogP contribution >= 0.6 is 23.4 Å². The van der Waals surface area contributed by atoms with Crippen molar-refractivity contribution in [3.63, 3.8) is 0 Å². The van der Waals surface area contributed by atoms with Gasteiger partial charge in [-0.3, -0.25) is 10.1 Å². The van der Waals surface area contributed by atoms with Gasteiger partial charge in [0.1, 0.15) is 4.90 Å². The minimum atomic E-state index is -4.10. The number of rotatable bonds is 7. The van der Waals surface area contributed by atoms with Crippen LogP contribution in [0.4, 0.5) is 5.69 Å². The Morgan fingerprint density at radius 3 is 2.70 bits per heavy atom. The number of nitrogens with one attached hydrogen (secondary N) is 1. The summed E-state index contributed by atoms with van der Waals surface area (Å²) in [6.45, 7) is 0.154. The lowest BCUT2D eigenvalue weighted by Gasteiger charge is -2.09. The van der Waals surface area contributed by atoms with E-state index >= 15 is 0 Å². The molecule has 0 aromatic heterocycles. The summed E-state index contributed by atoms with van der Waals surface area (Å²) in [7, 11) is -4.10. The first-order valence-corrected chi connectivity index (χ1v) is 8.71. The molecule has 0 amide bonds. The van der Waals surface area contributed by atoms with Crippen LogP contribution in [0.15, 0.2) is 17.0 Å². The van der Waals surface area contributed by atoms with Crippen LogP contribution in [0.2, 0.25) is 5.02 Å². The molecule has 10 heteroatoms. The molecule has 1 aromatic carbocycles. The van der Waals surface area contributed by atoms with E-state index in [4.69, 9.17) is 11.6 Å². The van der Waals surface area contributed by atoms with Crippen LogP contribution in [-0.4, -0.2) is 37.0 Å². The van der Waals surface area contributed by atoms with Crippen LogP contribution < -0.4 is 4.72 Å². The number of benzene rings is 1. The first kappa shape index (κ1) is 17.0. The van der Waals surface area contributed by atoms with Gasteiger partial charge in [0.25, 0.3) is 0 Å². The summed E-state index contributed by atoms with van der Waals surface area (Å²) in [5.74, 6) is -0.197. The van der Waals surface area contributed by atoms with Crippen molar-refractivity contribution in [3.8, 4) is 5.75 Å². The number of nitro benzene ring substituents is 1. The first-order valence-electron chi connectivity index (χ1n) is 5.45. The smallest absolute Gasteiger partial charge is 0.312 e. The molecule has 0 aliphatic carbocycles. The molecule has 0 bridgehead atoms. The standard InChI is InChI=1S/C10H13ClN2O5S2/c1-19-6-2-5-12-20(17,18)10-7(11)3-4-8(9(10)14)13(15)16/h3-4,12,14H,2,5-6H2,1H3. The van der Waals surface area contributed by atoms with E-state index in [0.29, 0.717) is 6.42 Å². The van der Waals surface area contributed by atoms with E-state index in [1.165, 1.54) is 0 Å². The summed E-state index contributed by atoms with van der Waals surface area (Å²) in [4.78, 5) is 9.15. The molecule has 20 heavy (non-hydrogen) atoms. The second-order valence-electron chi connectivity index (χ2n) is 3.75. The van der Waals surface area contributed by atoms with Gasteiger partial charge in [-0.1, -0.05) is 11.6 Å². The Balaban J connectivity index is 3.11. The van der Waals surface area contributed by atoms with Crippen molar-refractivity contribution in [3.05, 3.63) is 27.3 Å². The fourth-order valence-electron chi connectivity index (χ4n) is 1.43. The molecular formula is C10H13ClN2O5S2. The number of thioether (sulfide) groups is 1. The van der Waals surface area contributed by atoms with Gasteiger partial charge >= 0.3 is 5.69 Å². The van der Waals surface area contributed by atoms with E-state index in [-0.39, 0.29) is 11.6 Å². The highest BCUT2D eigenvalue weighted by molar-refractivity contribution is 7.98. The minimum Gasteiger partial charge on any atom is -0.501 e. The highest BCUT2D eigenvalue weighted by Crippen LogP contribution is 2.37. The van der Waals surface area contributed by atoms with Crippen molar-refractivity contribution < 1.29 is 18.4 Å². The van der Waals surface area contributed by atoms with Crippen molar-refractivity contribution in [1.82, 2.24) is 4.72 Å². The van der Waals surface area contributed by atoms with E-state index in [9.17, 15) is 23.6 Å². The fourth-order valence-corrected chi connectivity index (χ4v) is 3.57. The highest BCUT2D eigenvalue weighted by atomic mass is 35.5. The van der Waals surface area contributed by atoms with Crippen LogP contribution in [-0.2, 0) is 10.0 Å². The highest BCUT2D eigenvalue weighted by Gasteiger charge is 2.28. The van der Waals surface area contributed by atoms with Crippen LogP contribution in [0.5, 0.6) is 5.75 Å². The number of halogens is 1. The summed E-state index contributed by atoms with van der Waals surface area (Å²) < 4.78 is 26.3. The van der Waals surface area contributed by atoms with Gasteiger partial charge in [0.2, 0.25) is 15.8 Å². The molecule has 0 atom stereocenters. The molecule has 0 heterocycles. The lowest BCUT2D eigenvalue weighted by atomic mass is 10.3. The summed E-state index contributed by atoms with van der Waals surface area (Å²) in [5, 5.41) is 20.2. The summed E-state index contributed by atoms with van der Waals surface area (Å²) in [6, 6.07) is 2.01. The topological polar surface area (TPSA) is 110 Å². The number of nitrogens with zero attached hydrogens (tertiary/aromatic N) is 1. The average Bonchev–Trinajstić information content (AvgIpc) is 2.34. The Labute approximate surface area is 125 Å². The molecule has 2 N–H and O–H groups in total. The van der Waals surface area contributed by atoms with Gasteiger partial charge in [-0.2, -0.15) is 11.8 Å². The van der Waals surface area contributed by atoms with Gasteiger partial charge in [0, 0.05) is 12.6 Å². The maximum Gasteiger partial charge on any atom is 0.312 e. The van der Waals surface area contributed by atoms with Gasteiger partial charge in [-0.05, 0) is 24.5 Å². The number of phenols is 1. The van der Waals surface area contributed by atoms with Crippen LogP contribution in [0.25, 0.3) is 0 Å². The van der Waals surface area contributed by atoms with Gasteiger partial charge in [0.05, 0.1) is 9.95 Å². The van der Waals surface area contributed by atoms with E-state index in [0.717, 1.165) is 17.9 Å². The molecule has 7 nitrogen and oxygen atoms in total. The van der Waals surface area contributed by atoms with E-state index < -0.39 is 31.3 Å². The van der Waals surface area contributed by atoms with E-state index in [2.05, 4.69) is 4.72 Å². The van der Waals surface area contributed by atoms with Crippen LogP contribution in [0.1, 0.15) is 6.42 Å². The molecular weight excluding hydrogens is 328 g/mol. The van der Waals surface area contributed by atoms with Gasteiger partial charge in [-0.25, -0.2) is 13.1 Å². The molecule has 0 radical (unpaired) electrons. The number of hydrogen-bond donors (Lipinski definition) is 2. The fraction of sp³-hybridized carbons (Fsp3) is 0.400. The second kappa shape index (κ2) is 7.11. The molecule has 0 aliphatic rings. The van der Waals surface area contributed by atoms with Crippen molar-refractivity contribution >= 4 is 39.1 Å². The normalized spacial score (nSPS) is 11.5. The zero-order valence-electron chi connectivity index (χ0n) is 10.5. The number of phenolic OH excluding ortho intramolecular Hbond substituents is 1. The summed E-state index contributed by atoms with van der Waals surface area (Å²) >= 11 is 7.29. The third-order valence-corrected chi connectivity index (χ3v) is 5.00. The van der Waals surface area contributed by atoms with Gasteiger partial charge in [-0.15, -0.1) is 0 Å². The molecule has 0 fully saturated rings. The number of aromatic hydroxyl groups is 1. The number of sulfonamides is 1. The molecule has 112 valence electrons. The lowest BCUT2D eigenvalue weighted by molar-refractivity contribution is -0.386. The van der Waals surface area contributed by atoms with Gasteiger partial charge < -0.3 is 5.11 Å². The lowest BCUT2D eigenvalue weighted by Crippen LogP contribution is -2.25. The second-order valence-corrected chi connectivity index (χ2v) is 6.84. The van der Waals surface area contributed by atoms with Gasteiger partial charge in [0.15, 0.2) is 0 Å². The van der Waals surface area contributed by atoms with Crippen molar-refractivity contribution in [1.29, 1.82) is 0 Å². The Morgan fingerprint density at radius 1 is 1.50 bits per heavy atom. The van der Waals surface area contributed by atoms with E-state index in [1.807, 2.05) is 6.26 Å². The zero-order valence-corrected chi connectivity index (χ0v) is 12.9. The number of nitro groups is 1. The molecule has 1 aromatic rings. The largest absolute Gasteiger partial charge is 0.501 e. The number of hydrogen-bond acceptors (Lipinski definition) is 6. The van der Waals surface area contributed by atoms with Crippen molar-refractivity contribution in [2.45, 2.75) is 11.3 Å². The maximum absolute atomic E-state index is 12.0. The zero-order chi connectivity index (χ0) is 15.3. The SMILES string of the molecule is CSCCCNS(=O)(=O)c1c(Cl)ccc([N+](=O)[O-])c1O. The quantitative estimate of drug-likeness (QED) is 0.446. The Hall–Kier alpha value is -1.03. The molecule has 0 aliphatic heterocycles. The molecule has 0 unspecified atom stereocenters. The predicted molar refractivity (Wildman–Crippen MR) is 78.0 cm³/mol. The third kappa shape index (κ3) is 3.98. The molecule has 0 saturated heterocycles. The molecule has 1 rings (SSSR count).